The lowest BCUT2D eigenvalue weighted by molar-refractivity contribution is -0.143. The smallest absolute Gasteiger partial charge is 0.323 e. The number of urea groups is 1. The van der Waals surface area contributed by atoms with Gasteiger partial charge in [-0.1, -0.05) is 0 Å². The third-order valence-electron chi connectivity index (χ3n) is 3.02. The summed E-state index contributed by atoms with van der Waals surface area (Å²) in [6.45, 7) is 0.694. The van der Waals surface area contributed by atoms with Crippen molar-refractivity contribution in [3.8, 4) is 0 Å². The van der Waals surface area contributed by atoms with E-state index in [1.807, 2.05) is 0 Å². The molecular weight excluding hydrogens is 253 g/mol. The van der Waals surface area contributed by atoms with Crippen molar-refractivity contribution >= 4 is 17.8 Å². The molecule has 1 aromatic heterocycles. The largest absolute Gasteiger partial charge is 0.481 e. The molecule has 2 heterocycles. The van der Waals surface area contributed by atoms with Gasteiger partial charge < -0.3 is 10.0 Å². The molecule has 0 saturated carbocycles. The number of pyridine rings is 1. The Bertz CT molecular complexity index is 478. The summed E-state index contributed by atoms with van der Waals surface area (Å²) in [7, 11) is 0. The van der Waals surface area contributed by atoms with Crippen molar-refractivity contribution in [3.63, 3.8) is 0 Å². The number of rotatable bonds is 2. The van der Waals surface area contributed by atoms with Crippen LogP contribution < -0.4 is 5.32 Å². The van der Waals surface area contributed by atoms with E-state index in [4.69, 9.17) is 5.11 Å². The molecule has 2 amide bonds. The second-order valence-corrected chi connectivity index (χ2v) is 4.42. The number of anilines is 1. The molecule has 7 heteroatoms. The second kappa shape index (κ2) is 5.64. The molecule has 102 valence electrons. The van der Waals surface area contributed by atoms with Crippen molar-refractivity contribution in [3.05, 3.63) is 24.1 Å². The molecule has 2 N–H and O–H groups in total. The summed E-state index contributed by atoms with van der Waals surface area (Å²) in [5, 5.41) is 11.5. The fourth-order valence-electron chi connectivity index (χ4n) is 2.00. The van der Waals surface area contributed by atoms with Gasteiger partial charge in [0.15, 0.2) is 0 Å². The maximum atomic E-state index is 12.7. The minimum absolute atomic E-state index is 0.183. The van der Waals surface area contributed by atoms with Gasteiger partial charge in [-0.15, -0.1) is 0 Å². The Morgan fingerprint density at radius 1 is 1.47 bits per heavy atom. The maximum Gasteiger partial charge on any atom is 0.323 e. The molecule has 0 spiro atoms. The van der Waals surface area contributed by atoms with Crippen LogP contribution in [0.3, 0.4) is 0 Å². The predicted molar refractivity (Wildman–Crippen MR) is 65.1 cm³/mol. The van der Waals surface area contributed by atoms with Crippen molar-refractivity contribution < 1.29 is 19.1 Å². The minimum Gasteiger partial charge on any atom is -0.481 e. The van der Waals surface area contributed by atoms with E-state index in [-0.39, 0.29) is 12.4 Å². The zero-order valence-corrected chi connectivity index (χ0v) is 10.2. The summed E-state index contributed by atoms with van der Waals surface area (Å²) in [5.74, 6) is -1.66. The normalized spacial score (nSPS) is 19.0. The molecule has 0 radical (unpaired) electrons. The summed E-state index contributed by atoms with van der Waals surface area (Å²) in [6.07, 6.45) is 2.24. The lowest BCUT2D eigenvalue weighted by Crippen LogP contribution is -2.44. The highest BCUT2D eigenvalue weighted by molar-refractivity contribution is 5.88. The number of hydrogen-bond acceptors (Lipinski definition) is 3. The van der Waals surface area contributed by atoms with E-state index < -0.39 is 23.7 Å². The molecule has 19 heavy (non-hydrogen) atoms. The minimum atomic E-state index is -0.891. The van der Waals surface area contributed by atoms with Crippen LogP contribution in [0.15, 0.2) is 18.3 Å². The quantitative estimate of drug-likeness (QED) is 0.851. The molecular formula is C12H14FN3O3. The molecule has 0 aromatic carbocycles. The molecule has 0 bridgehead atoms. The van der Waals surface area contributed by atoms with Crippen LogP contribution in [0.1, 0.15) is 12.8 Å². The number of carboxylic acids is 1. The van der Waals surface area contributed by atoms with E-state index >= 15 is 0 Å². The van der Waals surface area contributed by atoms with Gasteiger partial charge in [0.25, 0.3) is 0 Å². The molecule has 1 fully saturated rings. The van der Waals surface area contributed by atoms with E-state index in [0.717, 1.165) is 6.20 Å². The highest BCUT2D eigenvalue weighted by Gasteiger charge is 2.28. The van der Waals surface area contributed by atoms with E-state index in [2.05, 4.69) is 10.3 Å². The van der Waals surface area contributed by atoms with Crippen LogP contribution in [0, 0.1) is 11.7 Å². The van der Waals surface area contributed by atoms with Crippen molar-refractivity contribution in [1.82, 2.24) is 9.88 Å². The maximum absolute atomic E-state index is 12.7. The Morgan fingerprint density at radius 3 is 2.89 bits per heavy atom. The average Bonchev–Trinajstić information content (AvgIpc) is 2.41. The number of nitrogens with one attached hydrogen (secondary N) is 1. The lowest BCUT2D eigenvalue weighted by atomic mass is 9.99. The fourth-order valence-corrected chi connectivity index (χ4v) is 2.00. The summed E-state index contributed by atoms with van der Waals surface area (Å²) >= 11 is 0. The highest BCUT2D eigenvalue weighted by Crippen LogP contribution is 2.17. The Morgan fingerprint density at radius 2 is 2.26 bits per heavy atom. The molecule has 6 nitrogen and oxygen atoms in total. The number of carbonyl (C=O) groups excluding carboxylic acids is 1. The third-order valence-corrected chi connectivity index (χ3v) is 3.02. The number of nitrogens with zero attached hydrogens (tertiary/aromatic N) is 2. The van der Waals surface area contributed by atoms with Crippen LogP contribution in [0.2, 0.25) is 0 Å². The van der Waals surface area contributed by atoms with E-state index in [9.17, 15) is 14.0 Å². The summed E-state index contributed by atoms with van der Waals surface area (Å²) < 4.78 is 12.7. The monoisotopic (exact) mass is 267 g/mol. The first-order valence-electron chi connectivity index (χ1n) is 5.96. The second-order valence-electron chi connectivity index (χ2n) is 4.42. The standard InChI is InChI=1S/C12H14FN3O3/c13-9-3-4-10(14-6-9)15-12(19)16-5-1-2-8(7-16)11(17)18/h3-4,6,8H,1-2,5,7H2,(H,17,18)(H,14,15,19). The van der Waals surface area contributed by atoms with Crippen molar-refractivity contribution in [1.29, 1.82) is 0 Å². The van der Waals surface area contributed by atoms with Gasteiger partial charge >= 0.3 is 12.0 Å². The van der Waals surface area contributed by atoms with Crippen LogP contribution in [0.5, 0.6) is 0 Å². The Hall–Kier alpha value is -2.18. The van der Waals surface area contributed by atoms with Gasteiger partial charge in [-0.3, -0.25) is 10.1 Å². The number of piperidine rings is 1. The molecule has 1 atom stereocenters. The van der Waals surface area contributed by atoms with E-state index in [1.165, 1.54) is 17.0 Å². The third kappa shape index (κ3) is 3.40. The number of aliphatic carboxylic acids is 1. The average molecular weight is 267 g/mol. The molecule has 1 aliphatic heterocycles. The van der Waals surface area contributed by atoms with Crippen molar-refractivity contribution in [2.45, 2.75) is 12.8 Å². The first-order chi connectivity index (χ1) is 9.06. The van der Waals surface area contributed by atoms with E-state index in [1.54, 1.807) is 0 Å². The number of hydrogen-bond donors (Lipinski definition) is 2. The van der Waals surface area contributed by atoms with Gasteiger partial charge in [0.05, 0.1) is 12.1 Å². The van der Waals surface area contributed by atoms with Gasteiger partial charge in [-0.25, -0.2) is 14.2 Å². The lowest BCUT2D eigenvalue weighted by Gasteiger charge is -2.30. The van der Waals surface area contributed by atoms with Gasteiger partial charge in [0.1, 0.15) is 11.6 Å². The van der Waals surface area contributed by atoms with Crippen molar-refractivity contribution in [2.75, 3.05) is 18.4 Å². The number of carboxylic acid groups (broad SMARTS) is 1. The first-order valence-corrected chi connectivity index (χ1v) is 5.96. The zero-order chi connectivity index (χ0) is 13.8. The molecule has 2 rings (SSSR count). The van der Waals surface area contributed by atoms with Crippen LogP contribution in [0.25, 0.3) is 0 Å². The van der Waals surface area contributed by atoms with Crippen molar-refractivity contribution in [2.24, 2.45) is 5.92 Å². The molecule has 1 aliphatic rings. The number of amides is 2. The number of halogens is 1. The summed E-state index contributed by atoms with van der Waals surface area (Å²) in [6, 6.07) is 2.13. The number of likely N-dealkylation sites (tertiary alicyclic amines) is 1. The van der Waals surface area contributed by atoms with Crippen LogP contribution in [-0.2, 0) is 4.79 Å². The predicted octanol–water partition coefficient (Wildman–Crippen LogP) is 1.55. The van der Waals surface area contributed by atoms with Gasteiger partial charge in [-0.05, 0) is 25.0 Å². The van der Waals surface area contributed by atoms with Crippen LogP contribution in [-0.4, -0.2) is 40.1 Å². The van der Waals surface area contributed by atoms with Gasteiger partial charge in [0.2, 0.25) is 0 Å². The number of aromatic nitrogens is 1. The van der Waals surface area contributed by atoms with E-state index in [0.29, 0.717) is 19.4 Å². The zero-order valence-electron chi connectivity index (χ0n) is 10.2. The Balaban J connectivity index is 1.96. The molecule has 0 aliphatic carbocycles. The Labute approximate surface area is 109 Å². The van der Waals surface area contributed by atoms with Gasteiger partial charge in [-0.2, -0.15) is 0 Å². The summed E-state index contributed by atoms with van der Waals surface area (Å²) in [5.41, 5.74) is 0. The van der Waals surface area contributed by atoms with Crippen LogP contribution >= 0.6 is 0 Å². The highest BCUT2D eigenvalue weighted by atomic mass is 19.1. The molecule has 1 unspecified atom stereocenters. The SMILES string of the molecule is O=C(O)C1CCCN(C(=O)Nc2ccc(F)cn2)C1. The molecule has 1 aromatic rings. The fraction of sp³-hybridized carbons (Fsp3) is 0.417. The van der Waals surface area contributed by atoms with Gasteiger partial charge in [0, 0.05) is 13.1 Å². The first kappa shape index (κ1) is 13.3. The Kier molecular flexibility index (Phi) is 3.94. The van der Waals surface area contributed by atoms with Crippen LogP contribution in [0.4, 0.5) is 15.0 Å². The topological polar surface area (TPSA) is 82.5 Å². The number of carbonyl (C=O) groups is 2. The summed E-state index contributed by atoms with van der Waals surface area (Å²) in [4.78, 5) is 28.0. The molecule has 1 saturated heterocycles.